The van der Waals surface area contributed by atoms with E-state index in [4.69, 9.17) is 9.47 Å². The van der Waals surface area contributed by atoms with Crippen LogP contribution in [0.15, 0.2) is 54.6 Å². The molecule has 0 aromatic heterocycles. The standard InChI is InChI=1S/C26H35N3O3/c1-31-24-11-6-5-10-23(24)29-18-16-28(17-19-29)15-7-14-27-25(30)26(12-20-32-21-13-26)22-8-3-2-4-9-22/h2-6,8-11H,7,12-21H2,1H3,(H,27,30). The minimum Gasteiger partial charge on any atom is -0.495 e. The Morgan fingerprint density at radius 2 is 1.69 bits per heavy atom. The molecule has 0 saturated carbocycles. The second kappa shape index (κ2) is 10.8. The fourth-order valence-corrected chi connectivity index (χ4v) is 4.90. The number of rotatable bonds is 8. The second-order valence-corrected chi connectivity index (χ2v) is 8.67. The zero-order chi connectivity index (χ0) is 22.2. The maximum Gasteiger partial charge on any atom is 0.230 e. The lowest BCUT2D eigenvalue weighted by Crippen LogP contribution is -2.49. The molecule has 0 radical (unpaired) electrons. The summed E-state index contributed by atoms with van der Waals surface area (Å²) in [6, 6.07) is 18.4. The molecule has 172 valence electrons. The first-order chi connectivity index (χ1) is 15.7. The summed E-state index contributed by atoms with van der Waals surface area (Å²) in [4.78, 5) is 18.1. The molecule has 1 amide bonds. The van der Waals surface area contributed by atoms with Crippen LogP contribution in [0.1, 0.15) is 24.8 Å². The first-order valence-electron chi connectivity index (χ1n) is 11.7. The van der Waals surface area contributed by atoms with Crippen LogP contribution in [0.5, 0.6) is 5.75 Å². The van der Waals surface area contributed by atoms with Crippen molar-refractivity contribution in [3.63, 3.8) is 0 Å². The van der Waals surface area contributed by atoms with Crippen molar-refractivity contribution in [3.8, 4) is 5.75 Å². The predicted octanol–water partition coefficient (Wildman–Crippen LogP) is 3.07. The fourth-order valence-electron chi connectivity index (χ4n) is 4.90. The van der Waals surface area contributed by atoms with Crippen LogP contribution in [0, 0.1) is 0 Å². The lowest BCUT2D eigenvalue weighted by Gasteiger charge is -2.37. The van der Waals surface area contributed by atoms with Crippen LogP contribution in [0.3, 0.4) is 0 Å². The molecule has 0 bridgehead atoms. The third kappa shape index (κ3) is 5.08. The van der Waals surface area contributed by atoms with Gasteiger partial charge < -0.3 is 19.7 Å². The van der Waals surface area contributed by atoms with Crippen molar-refractivity contribution in [1.82, 2.24) is 10.2 Å². The van der Waals surface area contributed by atoms with Gasteiger partial charge in [-0.2, -0.15) is 0 Å². The molecule has 2 aliphatic heterocycles. The molecule has 0 atom stereocenters. The Kier molecular flexibility index (Phi) is 7.66. The lowest BCUT2D eigenvalue weighted by molar-refractivity contribution is -0.130. The van der Waals surface area contributed by atoms with E-state index < -0.39 is 5.41 Å². The number of nitrogens with one attached hydrogen (secondary N) is 1. The molecule has 2 aromatic carbocycles. The van der Waals surface area contributed by atoms with Crippen molar-refractivity contribution in [3.05, 3.63) is 60.2 Å². The number of benzene rings is 2. The first-order valence-corrected chi connectivity index (χ1v) is 11.7. The fraction of sp³-hybridized carbons (Fsp3) is 0.500. The monoisotopic (exact) mass is 437 g/mol. The molecule has 2 aromatic rings. The summed E-state index contributed by atoms with van der Waals surface area (Å²) in [7, 11) is 1.73. The van der Waals surface area contributed by atoms with Crippen molar-refractivity contribution in [2.24, 2.45) is 0 Å². The highest BCUT2D eigenvalue weighted by molar-refractivity contribution is 5.88. The summed E-state index contributed by atoms with van der Waals surface area (Å²) < 4.78 is 11.1. The number of amides is 1. The van der Waals surface area contributed by atoms with Gasteiger partial charge in [-0.25, -0.2) is 0 Å². The zero-order valence-electron chi connectivity index (χ0n) is 19.1. The first kappa shape index (κ1) is 22.6. The smallest absolute Gasteiger partial charge is 0.230 e. The Balaban J connectivity index is 1.23. The van der Waals surface area contributed by atoms with Gasteiger partial charge in [-0.15, -0.1) is 0 Å². The molecule has 2 aliphatic rings. The molecule has 2 fully saturated rings. The van der Waals surface area contributed by atoms with Gasteiger partial charge in [0.05, 0.1) is 18.2 Å². The Bertz CT molecular complexity index is 860. The Morgan fingerprint density at radius 1 is 1.00 bits per heavy atom. The average Bonchev–Trinajstić information content (AvgIpc) is 2.87. The number of ether oxygens (including phenoxy) is 2. The predicted molar refractivity (Wildman–Crippen MR) is 127 cm³/mol. The van der Waals surface area contributed by atoms with Gasteiger partial charge >= 0.3 is 0 Å². The van der Waals surface area contributed by atoms with Crippen molar-refractivity contribution in [1.29, 1.82) is 0 Å². The topological polar surface area (TPSA) is 54.0 Å². The van der Waals surface area contributed by atoms with E-state index in [1.807, 2.05) is 30.3 Å². The van der Waals surface area contributed by atoms with Gasteiger partial charge in [0.15, 0.2) is 0 Å². The highest BCUT2D eigenvalue weighted by Crippen LogP contribution is 2.35. The number of para-hydroxylation sites is 2. The molecule has 2 saturated heterocycles. The van der Waals surface area contributed by atoms with E-state index >= 15 is 0 Å². The highest BCUT2D eigenvalue weighted by Gasteiger charge is 2.41. The number of carbonyl (C=O) groups is 1. The van der Waals surface area contributed by atoms with Crippen molar-refractivity contribution < 1.29 is 14.3 Å². The second-order valence-electron chi connectivity index (χ2n) is 8.67. The van der Waals surface area contributed by atoms with Crippen molar-refractivity contribution >= 4 is 11.6 Å². The van der Waals surface area contributed by atoms with Crippen LogP contribution in [0.4, 0.5) is 5.69 Å². The van der Waals surface area contributed by atoms with Crippen LogP contribution in [-0.2, 0) is 14.9 Å². The van der Waals surface area contributed by atoms with Gasteiger partial charge in [0.2, 0.25) is 5.91 Å². The summed E-state index contributed by atoms with van der Waals surface area (Å²) in [5.74, 6) is 1.08. The number of hydrogen-bond acceptors (Lipinski definition) is 5. The molecule has 6 nitrogen and oxygen atoms in total. The van der Waals surface area contributed by atoms with Gasteiger partial charge in [0.1, 0.15) is 5.75 Å². The van der Waals surface area contributed by atoms with Gasteiger partial charge in [-0.1, -0.05) is 42.5 Å². The van der Waals surface area contributed by atoms with E-state index in [1.54, 1.807) is 7.11 Å². The molecule has 0 aliphatic carbocycles. The molecule has 0 unspecified atom stereocenters. The van der Waals surface area contributed by atoms with Crippen LogP contribution >= 0.6 is 0 Å². The van der Waals surface area contributed by atoms with Gasteiger partial charge in [0.25, 0.3) is 0 Å². The number of piperazine rings is 1. The average molecular weight is 438 g/mol. The van der Waals surface area contributed by atoms with E-state index in [9.17, 15) is 4.79 Å². The van der Waals surface area contributed by atoms with Crippen LogP contribution < -0.4 is 15.0 Å². The molecular formula is C26H35N3O3. The van der Waals surface area contributed by atoms with Crippen molar-refractivity contribution in [2.75, 3.05) is 64.5 Å². The number of nitrogens with zero attached hydrogens (tertiary/aromatic N) is 2. The summed E-state index contributed by atoms with van der Waals surface area (Å²) in [6.45, 7) is 7.02. The maximum atomic E-state index is 13.2. The Hall–Kier alpha value is -2.57. The van der Waals surface area contributed by atoms with E-state index in [1.165, 1.54) is 5.69 Å². The minimum absolute atomic E-state index is 0.146. The highest BCUT2D eigenvalue weighted by atomic mass is 16.5. The quantitative estimate of drug-likeness (QED) is 0.644. The molecular weight excluding hydrogens is 402 g/mol. The normalized spacial score (nSPS) is 18.8. The SMILES string of the molecule is COc1ccccc1N1CCN(CCCNC(=O)C2(c3ccccc3)CCOCC2)CC1. The van der Waals surface area contributed by atoms with Crippen LogP contribution in [0.2, 0.25) is 0 Å². The number of carbonyl (C=O) groups excluding carboxylic acids is 1. The molecule has 6 heteroatoms. The summed E-state index contributed by atoms with van der Waals surface area (Å²) in [5, 5.41) is 3.23. The third-order valence-corrected chi connectivity index (χ3v) is 6.84. The Morgan fingerprint density at radius 3 is 2.41 bits per heavy atom. The number of hydrogen-bond donors (Lipinski definition) is 1. The molecule has 4 rings (SSSR count). The Labute approximate surface area is 191 Å². The van der Waals surface area contributed by atoms with E-state index in [0.29, 0.717) is 19.8 Å². The molecule has 0 spiro atoms. The van der Waals surface area contributed by atoms with E-state index in [0.717, 1.165) is 63.3 Å². The molecule has 32 heavy (non-hydrogen) atoms. The summed E-state index contributed by atoms with van der Waals surface area (Å²) in [5.41, 5.74) is 1.82. The summed E-state index contributed by atoms with van der Waals surface area (Å²) in [6.07, 6.45) is 2.45. The number of anilines is 1. The van der Waals surface area contributed by atoms with E-state index in [-0.39, 0.29) is 5.91 Å². The minimum atomic E-state index is -0.458. The largest absolute Gasteiger partial charge is 0.495 e. The molecule has 2 heterocycles. The van der Waals surface area contributed by atoms with Crippen LogP contribution in [-0.4, -0.2) is 70.4 Å². The van der Waals surface area contributed by atoms with Crippen molar-refractivity contribution in [2.45, 2.75) is 24.7 Å². The lowest BCUT2D eigenvalue weighted by atomic mass is 9.73. The van der Waals surface area contributed by atoms with Gasteiger partial charge in [0, 0.05) is 45.9 Å². The summed E-state index contributed by atoms with van der Waals surface area (Å²) >= 11 is 0. The van der Waals surface area contributed by atoms with Gasteiger partial charge in [-0.05, 0) is 43.5 Å². The third-order valence-electron chi connectivity index (χ3n) is 6.84. The van der Waals surface area contributed by atoms with Crippen LogP contribution in [0.25, 0.3) is 0 Å². The van der Waals surface area contributed by atoms with Gasteiger partial charge in [-0.3, -0.25) is 9.69 Å². The zero-order valence-corrected chi connectivity index (χ0v) is 19.1. The number of methoxy groups -OCH3 is 1. The maximum absolute atomic E-state index is 13.2. The molecule has 1 N–H and O–H groups in total. The van der Waals surface area contributed by atoms with E-state index in [2.05, 4.69) is 39.4 Å².